The highest BCUT2D eigenvalue weighted by molar-refractivity contribution is 6.84. The molecular formula is C15H24O3Si. The summed E-state index contributed by atoms with van der Waals surface area (Å²) < 4.78 is 17.6. The Bertz CT molecular complexity index is 420. The van der Waals surface area contributed by atoms with Crippen molar-refractivity contribution in [1.82, 2.24) is 0 Å². The average molecular weight is 280 g/mol. The normalized spacial score (nSPS) is 18.1. The topological polar surface area (TPSA) is 27.7 Å². The summed E-state index contributed by atoms with van der Waals surface area (Å²) in [5.74, 6) is 0. The summed E-state index contributed by atoms with van der Waals surface area (Å²) in [5.41, 5.74) is 1.33. The first-order chi connectivity index (χ1) is 9.19. The van der Waals surface area contributed by atoms with E-state index in [4.69, 9.17) is 13.6 Å². The maximum atomic E-state index is 6.05. The number of ether oxygens (including phenoxy) is 1. The summed E-state index contributed by atoms with van der Waals surface area (Å²) in [4.78, 5) is 0. The van der Waals surface area contributed by atoms with Gasteiger partial charge in [0.15, 0.2) is 0 Å². The summed E-state index contributed by atoms with van der Waals surface area (Å²) in [6, 6.07) is 8.52. The Hall–Kier alpha value is -0.683. The first kappa shape index (κ1) is 14.7. The Balaban J connectivity index is 2.55. The van der Waals surface area contributed by atoms with E-state index in [1.54, 1.807) is 14.2 Å². The second-order valence-corrected chi connectivity index (χ2v) is 8.81. The maximum absolute atomic E-state index is 6.05. The predicted molar refractivity (Wildman–Crippen MR) is 79.0 cm³/mol. The second-order valence-electron chi connectivity index (χ2n) is 5.16. The van der Waals surface area contributed by atoms with Crippen molar-refractivity contribution in [2.45, 2.75) is 31.7 Å². The third kappa shape index (κ3) is 2.07. The molecule has 0 radical (unpaired) electrons. The lowest BCUT2D eigenvalue weighted by molar-refractivity contribution is -0.0457. The molecule has 3 nitrogen and oxygen atoms in total. The Morgan fingerprint density at radius 1 is 1.16 bits per heavy atom. The molecule has 0 spiro atoms. The van der Waals surface area contributed by atoms with Crippen LogP contribution in [0.1, 0.15) is 25.8 Å². The highest BCUT2D eigenvalue weighted by Crippen LogP contribution is 2.48. The van der Waals surface area contributed by atoms with Gasteiger partial charge >= 0.3 is 8.56 Å². The van der Waals surface area contributed by atoms with Gasteiger partial charge in [-0.15, -0.1) is 0 Å². The van der Waals surface area contributed by atoms with Crippen LogP contribution in [0.2, 0.25) is 5.04 Å². The molecule has 0 atom stereocenters. The zero-order chi connectivity index (χ0) is 13.9. The lowest BCUT2D eigenvalue weighted by Crippen LogP contribution is -2.68. The highest BCUT2D eigenvalue weighted by atomic mass is 28.4. The molecule has 2 rings (SSSR count). The molecule has 1 aliphatic heterocycles. The molecule has 0 N–H and O–H groups in total. The molecule has 0 saturated carbocycles. The van der Waals surface area contributed by atoms with E-state index in [1.807, 2.05) is 0 Å². The fourth-order valence-electron chi connectivity index (χ4n) is 3.15. The molecule has 1 aromatic rings. The van der Waals surface area contributed by atoms with E-state index in [-0.39, 0.29) is 5.04 Å². The molecule has 0 amide bonds. The van der Waals surface area contributed by atoms with Crippen LogP contribution in [-0.2, 0) is 20.0 Å². The van der Waals surface area contributed by atoms with Gasteiger partial charge in [-0.05, 0) is 23.6 Å². The Labute approximate surface area is 117 Å². The molecule has 1 aromatic carbocycles. The molecule has 0 aliphatic carbocycles. The predicted octanol–water partition coefficient (Wildman–Crippen LogP) is 2.37. The third-order valence-electron chi connectivity index (χ3n) is 4.46. The van der Waals surface area contributed by atoms with Crippen LogP contribution in [0.3, 0.4) is 0 Å². The molecule has 1 heterocycles. The summed E-state index contributed by atoms with van der Waals surface area (Å²) in [5, 5.41) is 1.31. The van der Waals surface area contributed by atoms with Crippen molar-refractivity contribution in [3.63, 3.8) is 0 Å². The minimum atomic E-state index is -2.48. The van der Waals surface area contributed by atoms with Crippen molar-refractivity contribution in [1.29, 1.82) is 0 Å². The van der Waals surface area contributed by atoms with Crippen LogP contribution in [0.15, 0.2) is 24.3 Å². The fraction of sp³-hybridized carbons (Fsp3) is 0.600. The number of hydrogen-bond donors (Lipinski definition) is 0. The van der Waals surface area contributed by atoms with Crippen LogP contribution in [0, 0.1) is 0 Å². The minimum Gasteiger partial charge on any atom is -0.394 e. The van der Waals surface area contributed by atoms with Crippen LogP contribution in [0.5, 0.6) is 0 Å². The van der Waals surface area contributed by atoms with E-state index in [9.17, 15) is 0 Å². The van der Waals surface area contributed by atoms with E-state index in [0.29, 0.717) is 0 Å². The Morgan fingerprint density at radius 3 is 2.21 bits per heavy atom. The van der Waals surface area contributed by atoms with Crippen LogP contribution in [-0.4, -0.2) is 36.0 Å². The van der Waals surface area contributed by atoms with Gasteiger partial charge in [-0.3, -0.25) is 0 Å². The van der Waals surface area contributed by atoms with E-state index < -0.39 is 8.56 Å². The third-order valence-corrected chi connectivity index (χ3v) is 8.84. The minimum absolute atomic E-state index is 0.0434. The van der Waals surface area contributed by atoms with Crippen molar-refractivity contribution >= 4 is 13.7 Å². The standard InChI is InChI=1S/C15H24O3Si/c1-5-13-9-7-8-10-14(13)19(16-3,17-4)15(6-2)11-18-12-15/h7-10H,5-6,11-12H2,1-4H3. The van der Waals surface area contributed by atoms with Gasteiger partial charge < -0.3 is 13.6 Å². The molecule has 106 valence electrons. The second kappa shape index (κ2) is 5.75. The average Bonchev–Trinajstić information content (AvgIpc) is 2.43. The lowest BCUT2D eigenvalue weighted by Gasteiger charge is -2.51. The van der Waals surface area contributed by atoms with E-state index in [2.05, 4.69) is 38.1 Å². The largest absolute Gasteiger partial charge is 0.394 e. The van der Waals surface area contributed by atoms with Gasteiger partial charge in [0.05, 0.1) is 18.3 Å². The van der Waals surface area contributed by atoms with Crippen LogP contribution < -0.4 is 5.19 Å². The zero-order valence-corrected chi connectivity index (χ0v) is 13.4. The summed E-state index contributed by atoms with van der Waals surface area (Å²) in [6.07, 6.45) is 2.03. The number of rotatable bonds is 6. The van der Waals surface area contributed by atoms with Crippen molar-refractivity contribution < 1.29 is 13.6 Å². The molecule has 1 fully saturated rings. The van der Waals surface area contributed by atoms with Crippen LogP contribution >= 0.6 is 0 Å². The van der Waals surface area contributed by atoms with Crippen LogP contribution in [0.25, 0.3) is 0 Å². The van der Waals surface area contributed by atoms with E-state index in [1.165, 1.54) is 10.8 Å². The summed E-state index contributed by atoms with van der Waals surface area (Å²) >= 11 is 0. The van der Waals surface area contributed by atoms with Crippen LogP contribution in [0.4, 0.5) is 0 Å². The van der Waals surface area contributed by atoms with Gasteiger partial charge in [0, 0.05) is 14.2 Å². The molecule has 1 saturated heterocycles. The smallest absolute Gasteiger partial charge is 0.383 e. The van der Waals surface area contributed by atoms with Crippen molar-refractivity contribution in [3.05, 3.63) is 29.8 Å². The van der Waals surface area contributed by atoms with Crippen molar-refractivity contribution in [2.24, 2.45) is 0 Å². The Kier molecular flexibility index (Phi) is 4.45. The molecule has 0 bridgehead atoms. The van der Waals surface area contributed by atoms with Crippen molar-refractivity contribution in [2.75, 3.05) is 27.4 Å². The summed E-state index contributed by atoms with van der Waals surface area (Å²) in [7, 11) is 1.10. The van der Waals surface area contributed by atoms with E-state index in [0.717, 1.165) is 26.1 Å². The van der Waals surface area contributed by atoms with Gasteiger partial charge in [-0.25, -0.2) is 0 Å². The molecule has 19 heavy (non-hydrogen) atoms. The van der Waals surface area contributed by atoms with Gasteiger partial charge in [0.25, 0.3) is 0 Å². The molecule has 0 unspecified atom stereocenters. The zero-order valence-electron chi connectivity index (χ0n) is 12.4. The molecule has 1 aliphatic rings. The van der Waals surface area contributed by atoms with Gasteiger partial charge in [0.2, 0.25) is 0 Å². The maximum Gasteiger partial charge on any atom is 0.383 e. The van der Waals surface area contributed by atoms with Gasteiger partial charge in [0.1, 0.15) is 0 Å². The quantitative estimate of drug-likeness (QED) is 0.749. The number of benzene rings is 1. The first-order valence-electron chi connectivity index (χ1n) is 6.96. The monoisotopic (exact) mass is 280 g/mol. The molecular weight excluding hydrogens is 256 g/mol. The first-order valence-corrected chi connectivity index (χ1v) is 8.77. The van der Waals surface area contributed by atoms with E-state index >= 15 is 0 Å². The van der Waals surface area contributed by atoms with Gasteiger partial charge in [-0.2, -0.15) is 0 Å². The lowest BCUT2D eigenvalue weighted by atomic mass is 10.0. The fourth-order valence-corrected chi connectivity index (χ4v) is 7.24. The number of hydrogen-bond acceptors (Lipinski definition) is 3. The van der Waals surface area contributed by atoms with Crippen molar-refractivity contribution in [3.8, 4) is 0 Å². The summed E-state index contributed by atoms with van der Waals surface area (Å²) in [6.45, 7) is 5.88. The molecule has 0 aromatic heterocycles. The van der Waals surface area contributed by atoms with Gasteiger partial charge in [-0.1, -0.05) is 38.1 Å². The molecule has 4 heteroatoms. The SMILES string of the molecule is CCc1ccccc1[Si](OC)(OC)C1(CC)COC1. The number of aryl methyl sites for hydroxylation is 1. The highest BCUT2D eigenvalue weighted by Gasteiger charge is 2.62. The Morgan fingerprint density at radius 2 is 1.79 bits per heavy atom.